The Morgan fingerprint density at radius 1 is 1.37 bits per heavy atom. The topological polar surface area (TPSA) is 98.7 Å². The minimum Gasteiger partial charge on any atom is -0.480 e. The number of piperidine rings is 1. The highest BCUT2D eigenvalue weighted by molar-refractivity contribution is 5.95. The van der Waals surface area contributed by atoms with Crippen LogP contribution < -0.4 is 10.6 Å². The number of amides is 3. The maximum atomic E-state index is 11.7. The van der Waals surface area contributed by atoms with Gasteiger partial charge in [-0.3, -0.25) is 19.8 Å². The number of carbonyl (C=O) groups is 3. The van der Waals surface area contributed by atoms with Crippen LogP contribution >= 0.6 is 0 Å². The number of hydrogen-bond donors (Lipinski definition) is 3. The fourth-order valence-electron chi connectivity index (χ4n) is 2.41. The second-order valence-electron chi connectivity index (χ2n) is 4.78. The Morgan fingerprint density at radius 3 is 2.63 bits per heavy atom. The average Bonchev–Trinajstić information content (AvgIpc) is 2.28. The molecule has 3 amide bonds. The van der Waals surface area contributed by atoms with Crippen molar-refractivity contribution in [3.8, 4) is 0 Å². The highest BCUT2D eigenvalue weighted by atomic mass is 16.4. The fourth-order valence-corrected chi connectivity index (χ4v) is 2.41. The molecule has 0 aliphatic carbocycles. The van der Waals surface area contributed by atoms with Gasteiger partial charge in [-0.15, -0.1) is 0 Å². The number of carboxylic acid groups (broad SMARTS) is 1. The van der Waals surface area contributed by atoms with Crippen LogP contribution in [0.25, 0.3) is 0 Å². The number of carboxylic acids is 1. The van der Waals surface area contributed by atoms with E-state index in [2.05, 4.69) is 10.6 Å². The van der Waals surface area contributed by atoms with Crippen molar-refractivity contribution < 1.29 is 19.5 Å². The minimum atomic E-state index is -0.919. The molecule has 1 aliphatic rings. The summed E-state index contributed by atoms with van der Waals surface area (Å²) in [6, 6.07) is -1.21. The van der Waals surface area contributed by atoms with Gasteiger partial charge in [0.1, 0.15) is 6.04 Å². The Bertz CT molecular complexity index is 359. The first-order valence-corrected chi connectivity index (χ1v) is 6.50. The summed E-state index contributed by atoms with van der Waals surface area (Å²) < 4.78 is 0. The molecule has 7 heteroatoms. The normalized spacial score (nSPS) is 23.7. The molecule has 2 atom stereocenters. The first-order valence-electron chi connectivity index (χ1n) is 6.50. The number of aliphatic carboxylic acids is 1. The number of nitrogens with one attached hydrogen (secondary N) is 2. The minimum absolute atomic E-state index is 0.00326. The number of carbonyl (C=O) groups excluding carboxylic acids is 2. The van der Waals surface area contributed by atoms with Gasteiger partial charge in [-0.25, -0.2) is 4.79 Å². The Balaban J connectivity index is 2.55. The van der Waals surface area contributed by atoms with Gasteiger partial charge in [0.05, 0.1) is 6.54 Å². The van der Waals surface area contributed by atoms with E-state index in [9.17, 15) is 19.5 Å². The van der Waals surface area contributed by atoms with Crippen LogP contribution in [0.3, 0.4) is 0 Å². The third kappa shape index (κ3) is 4.51. The summed E-state index contributed by atoms with van der Waals surface area (Å²) in [7, 11) is 0. The molecule has 0 aromatic rings. The molecule has 0 aromatic carbocycles. The lowest BCUT2D eigenvalue weighted by Gasteiger charge is -2.36. The van der Waals surface area contributed by atoms with Crippen molar-refractivity contribution in [1.29, 1.82) is 0 Å². The molecule has 1 heterocycles. The molecule has 3 N–H and O–H groups in total. The fraction of sp³-hybridized carbons (Fsp3) is 0.750. The summed E-state index contributed by atoms with van der Waals surface area (Å²) in [5.41, 5.74) is 0. The molecule has 0 spiro atoms. The van der Waals surface area contributed by atoms with Crippen LogP contribution in [0.4, 0.5) is 4.79 Å². The van der Waals surface area contributed by atoms with Gasteiger partial charge in [-0.2, -0.15) is 0 Å². The largest absolute Gasteiger partial charge is 0.480 e. The van der Waals surface area contributed by atoms with Gasteiger partial charge < -0.3 is 10.4 Å². The Hall–Kier alpha value is -1.63. The van der Waals surface area contributed by atoms with Gasteiger partial charge in [0.25, 0.3) is 0 Å². The van der Waals surface area contributed by atoms with E-state index in [1.165, 1.54) is 0 Å². The molecule has 19 heavy (non-hydrogen) atoms. The summed E-state index contributed by atoms with van der Waals surface area (Å²) in [5, 5.41) is 13.8. The lowest BCUT2D eigenvalue weighted by Crippen LogP contribution is -2.53. The highest BCUT2D eigenvalue weighted by Crippen LogP contribution is 2.23. The summed E-state index contributed by atoms with van der Waals surface area (Å²) in [5.74, 6) is -1.40. The predicted octanol–water partition coefficient (Wildman–Crippen LogP) is 0.0172. The van der Waals surface area contributed by atoms with Crippen LogP contribution in [-0.4, -0.2) is 53.6 Å². The van der Waals surface area contributed by atoms with Crippen LogP contribution in [-0.2, 0) is 9.59 Å². The lowest BCUT2D eigenvalue weighted by atomic mass is 9.91. The van der Waals surface area contributed by atoms with Crippen LogP contribution in [0, 0.1) is 5.92 Å². The van der Waals surface area contributed by atoms with Gasteiger partial charge in [0.15, 0.2) is 0 Å². The standard InChI is InChI=1S/C12H21N3O4/c1-3-13-12(19)14-9(16)7-15-6-4-5-8(2)10(15)11(17)18/h8,10H,3-7H2,1-2H3,(H,17,18)(H2,13,14,16,19). The Morgan fingerprint density at radius 2 is 2.05 bits per heavy atom. The molecule has 1 rings (SSSR count). The van der Waals surface area contributed by atoms with Gasteiger partial charge in [0, 0.05) is 6.54 Å². The van der Waals surface area contributed by atoms with Crippen molar-refractivity contribution >= 4 is 17.9 Å². The molecule has 108 valence electrons. The van der Waals surface area contributed by atoms with E-state index in [-0.39, 0.29) is 12.5 Å². The maximum Gasteiger partial charge on any atom is 0.321 e. The number of urea groups is 1. The summed E-state index contributed by atoms with van der Waals surface area (Å²) in [6.07, 6.45) is 1.70. The van der Waals surface area contributed by atoms with Gasteiger partial charge in [0.2, 0.25) is 5.91 Å². The molecule has 0 bridgehead atoms. The van der Waals surface area contributed by atoms with Crippen LogP contribution in [0.2, 0.25) is 0 Å². The molecular formula is C12H21N3O4. The second kappa shape index (κ2) is 7.08. The van der Waals surface area contributed by atoms with Crippen molar-refractivity contribution in [3.05, 3.63) is 0 Å². The van der Waals surface area contributed by atoms with Crippen LogP contribution in [0.15, 0.2) is 0 Å². The van der Waals surface area contributed by atoms with E-state index < -0.39 is 23.9 Å². The number of nitrogens with zero attached hydrogens (tertiary/aromatic N) is 1. The zero-order valence-electron chi connectivity index (χ0n) is 11.3. The molecule has 1 fully saturated rings. The van der Waals surface area contributed by atoms with E-state index >= 15 is 0 Å². The SMILES string of the molecule is CCNC(=O)NC(=O)CN1CCCC(C)C1C(=O)O. The third-order valence-electron chi connectivity index (χ3n) is 3.23. The zero-order valence-corrected chi connectivity index (χ0v) is 11.3. The van der Waals surface area contributed by atoms with E-state index in [1.807, 2.05) is 6.92 Å². The molecule has 1 saturated heterocycles. The average molecular weight is 271 g/mol. The van der Waals surface area contributed by atoms with Gasteiger partial charge >= 0.3 is 12.0 Å². The van der Waals surface area contributed by atoms with Crippen LogP contribution in [0.1, 0.15) is 26.7 Å². The number of rotatable bonds is 4. The van der Waals surface area contributed by atoms with E-state index in [0.29, 0.717) is 13.1 Å². The molecule has 2 unspecified atom stereocenters. The van der Waals surface area contributed by atoms with Gasteiger partial charge in [-0.1, -0.05) is 6.92 Å². The van der Waals surface area contributed by atoms with Crippen molar-refractivity contribution in [2.24, 2.45) is 5.92 Å². The number of hydrogen-bond acceptors (Lipinski definition) is 4. The predicted molar refractivity (Wildman–Crippen MR) is 68.6 cm³/mol. The maximum absolute atomic E-state index is 11.7. The van der Waals surface area contributed by atoms with Crippen molar-refractivity contribution in [3.63, 3.8) is 0 Å². The van der Waals surface area contributed by atoms with Crippen molar-refractivity contribution in [2.45, 2.75) is 32.7 Å². The summed E-state index contributed by atoms with van der Waals surface area (Å²) >= 11 is 0. The molecular weight excluding hydrogens is 250 g/mol. The lowest BCUT2D eigenvalue weighted by molar-refractivity contribution is -0.147. The first kappa shape index (κ1) is 15.4. The molecule has 0 saturated carbocycles. The first-order chi connectivity index (χ1) is 8.95. The molecule has 7 nitrogen and oxygen atoms in total. The second-order valence-corrected chi connectivity index (χ2v) is 4.78. The van der Waals surface area contributed by atoms with E-state index in [1.54, 1.807) is 11.8 Å². The van der Waals surface area contributed by atoms with E-state index in [0.717, 1.165) is 12.8 Å². The van der Waals surface area contributed by atoms with Crippen molar-refractivity contribution in [2.75, 3.05) is 19.6 Å². The Kier molecular flexibility index (Phi) is 5.75. The van der Waals surface area contributed by atoms with Crippen LogP contribution in [0.5, 0.6) is 0 Å². The summed E-state index contributed by atoms with van der Waals surface area (Å²) in [6.45, 7) is 4.53. The van der Waals surface area contributed by atoms with Gasteiger partial charge in [-0.05, 0) is 32.2 Å². The third-order valence-corrected chi connectivity index (χ3v) is 3.23. The molecule has 0 radical (unpaired) electrons. The van der Waals surface area contributed by atoms with Crippen molar-refractivity contribution in [1.82, 2.24) is 15.5 Å². The smallest absolute Gasteiger partial charge is 0.321 e. The number of imide groups is 1. The molecule has 1 aliphatic heterocycles. The Labute approximate surface area is 112 Å². The molecule has 0 aromatic heterocycles. The quantitative estimate of drug-likeness (QED) is 0.669. The monoisotopic (exact) mass is 271 g/mol. The zero-order chi connectivity index (χ0) is 14.4. The van der Waals surface area contributed by atoms with E-state index in [4.69, 9.17) is 0 Å². The number of likely N-dealkylation sites (tertiary alicyclic amines) is 1. The highest BCUT2D eigenvalue weighted by Gasteiger charge is 2.35. The summed E-state index contributed by atoms with van der Waals surface area (Å²) in [4.78, 5) is 35.7.